The standard InChI is InChI=1S/C20H22N2O3S/c1-5-22-18-16(25-4)10-9-13(2)19(18)26-20(22)21-17(23)12-14-7-6-8-15(11-14)24-3/h6-11H,5,12H2,1-4H3. The molecule has 26 heavy (non-hydrogen) atoms. The van der Waals surface area contributed by atoms with E-state index < -0.39 is 0 Å². The van der Waals surface area contributed by atoms with Gasteiger partial charge in [-0.05, 0) is 43.2 Å². The first-order valence-corrected chi connectivity index (χ1v) is 9.26. The van der Waals surface area contributed by atoms with Crippen LogP contribution in [0.25, 0.3) is 10.2 Å². The first-order valence-electron chi connectivity index (χ1n) is 8.44. The van der Waals surface area contributed by atoms with E-state index in [9.17, 15) is 4.79 Å². The topological polar surface area (TPSA) is 52.8 Å². The molecule has 5 nitrogen and oxygen atoms in total. The number of methoxy groups -OCH3 is 2. The fourth-order valence-corrected chi connectivity index (χ4v) is 4.12. The normalized spacial score (nSPS) is 11.8. The molecule has 0 saturated heterocycles. The van der Waals surface area contributed by atoms with Crippen LogP contribution in [0.3, 0.4) is 0 Å². The summed E-state index contributed by atoms with van der Waals surface area (Å²) in [5, 5.41) is 0. The van der Waals surface area contributed by atoms with Crippen LogP contribution in [0, 0.1) is 6.92 Å². The van der Waals surface area contributed by atoms with Crippen LogP contribution in [0.4, 0.5) is 0 Å². The van der Waals surface area contributed by atoms with Crippen molar-refractivity contribution in [3.8, 4) is 11.5 Å². The molecule has 1 aromatic heterocycles. The van der Waals surface area contributed by atoms with Gasteiger partial charge in [-0.25, -0.2) is 0 Å². The average Bonchev–Trinajstić information content (AvgIpc) is 3.01. The Balaban J connectivity index is 2.03. The molecule has 0 spiro atoms. The molecule has 0 unspecified atom stereocenters. The Morgan fingerprint density at radius 2 is 2.00 bits per heavy atom. The molecule has 0 N–H and O–H groups in total. The summed E-state index contributed by atoms with van der Waals surface area (Å²) in [6.07, 6.45) is 0.241. The van der Waals surface area contributed by atoms with Crippen LogP contribution in [0.1, 0.15) is 18.1 Å². The van der Waals surface area contributed by atoms with Crippen LogP contribution in [0.5, 0.6) is 11.5 Å². The van der Waals surface area contributed by atoms with Crippen LogP contribution < -0.4 is 14.3 Å². The number of fused-ring (bicyclic) bond motifs is 1. The summed E-state index contributed by atoms with van der Waals surface area (Å²) in [6.45, 7) is 4.81. The predicted octanol–water partition coefficient (Wildman–Crippen LogP) is 3.72. The van der Waals surface area contributed by atoms with Crippen molar-refractivity contribution in [2.75, 3.05) is 14.2 Å². The van der Waals surface area contributed by atoms with Gasteiger partial charge in [0, 0.05) is 6.54 Å². The molecule has 3 aromatic rings. The summed E-state index contributed by atoms with van der Waals surface area (Å²) in [7, 11) is 3.27. The SMILES string of the molecule is CCn1c(=NC(=O)Cc2cccc(OC)c2)sc2c(C)ccc(OC)c21. The van der Waals surface area contributed by atoms with E-state index in [-0.39, 0.29) is 12.3 Å². The number of hydrogen-bond donors (Lipinski definition) is 0. The molecule has 3 rings (SSSR count). The Kier molecular flexibility index (Phi) is 5.42. The lowest BCUT2D eigenvalue weighted by molar-refractivity contribution is -0.117. The van der Waals surface area contributed by atoms with Gasteiger partial charge < -0.3 is 14.0 Å². The summed E-state index contributed by atoms with van der Waals surface area (Å²) >= 11 is 1.52. The van der Waals surface area contributed by atoms with E-state index in [1.165, 1.54) is 11.3 Å². The number of carbonyl (C=O) groups excluding carboxylic acids is 1. The lowest BCUT2D eigenvalue weighted by Gasteiger charge is -2.07. The molecule has 6 heteroatoms. The molecule has 2 aromatic carbocycles. The number of carbonyl (C=O) groups is 1. The number of hydrogen-bond acceptors (Lipinski definition) is 4. The highest BCUT2D eigenvalue weighted by atomic mass is 32.1. The third-order valence-electron chi connectivity index (χ3n) is 4.23. The third kappa shape index (κ3) is 3.51. The highest BCUT2D eigenvalue weighted by Crippen LogP contribution is 2.30. The minimum absolute atomic E-state index is 0.177. The number of thiazole rings is 1. The second-order valence-electron chi connectivity index (χ2n) is 5.93. The summed E-state index contributed by atoms with van der Waals surface area (Å²) in [4.78, 5) is 17.6. The lowest BCUT2D eigenvalue weighted by Crippen LogP contribution is -2.16. The number of amides is 1. The smallest absolute Gasteiger partial charge is 0.252 e. The molecular formula is C20H22N2O3S. The Morgan fingerprint density at radius 3 is 2.69 bits per heavy atom. The number of ether oxygens (including phenoxy) is 2. The molecule has 0 fully saturated rings. The van der Waals surface area contributed by atoms with E-state index in [4.69, 9.17) is 9.47 Å². The van der Waals surface area contributed by atoms with Gasteiger partial charge in [0.05, 0.1) is 25.3 Å². The fourth-order valence-electron chi connectivity index (χ4n) is 2.92. The molecule has 0 bridgehead atoms. The van der Waals surface area contributed by atoms with E-state index in [1.807, 2.05) is 47.9 Å². The number of aryl methyl sites for hydroxylation is 2. The number of aromatic nitrogens is 1. The minimum atomic E-state index is -0.177. The van der Waals surface area contributed by atoms with Gasteiger partial charge in [-0.15, -0.1) is 0 Å². The molecule has 0 aliphatic heterocycles. The number of nitrogens with zero attached hydrogens (tertiary/aromatic N) is 2. The minimum Gasteiger partial charge on any atom is -0.497 e. The Bertz CT molecular complexity index is 1020. The largest absolute Gasteiger partial charge is 0.497 e. The quantitative estimate of drug-likeness (QED) is 0.688. The van der Waals surface area contributed by atoms with Crippen molar-refractivity contribution in [3.63, 3.8) is 0 Å². The van der Waals surface area contributed by atoms with Crippen LogP contribution in [0.2, 0.25) is 0 Å². The molecule has 0 atom stereocenters. The zero-order valence-electron chi connectivity index (χ0n) is 15.4. The van der Waals surface area contributed by atoms with E-state index in [1.54, 1.807) is 14.2 Å². The van der Waals surface area contributed by atoms with Crippen molar-refractivity contribution in [3.05, 3.63) is 52.3 Å². The molecule has 0 aliphatic carbocycles. The van der Waals surface area contributed by atoms with Gasteiger partial charge in [0.15, 0.2) is 4.80 Å². The monoisotopic (exact) mass is 370 g/mol. The summed E-state index contributed by atoms with van der Waals surface area (Å²) in [5.41, 5.74) is 3.03. The highest BCUT2D eigenvalue weighted by molar-refractivity contribution is 7.16. The molecule has 1 amide bonds. The molecular weight excluding hydrogens is 348 g/mol. The first kappa shape index (κ1) is 18.2. The zero-order chi connectivity index (χ0) is 18.7. The van der Waals surface area contributed by atoms with E-state index in [2.05, 4.69) is 11.9 Å². The van der Waals surface area contributed by atoms with Gasteiger partial charge >= 0.3 is 0 Å². The van der Waals surface area contributed by atoms with Crippen molar-refractivity contribution in [2.45, 2.75) is 26.8 Å². The Morgan fingerprint density at radius 1 is 1.19 bits per heavy atom. The van der Waals surface area contributed by atoms with E-state index >= 15 is 0 Å². The highest BCUT2D eigenvalue weighted by Gasteiger charge is 2.13. The Hall–Kier alpha value is -2.60. The van der Waals surface area contributed by atoms with Crippen molar-refractivity contribution < 1.29 is 14.3 Å². The van der Waals surface area contributed by atoms with E-state index in [0.717, 1.165) is 32.8 Å². The van der Waals surface area contributed by atoms with Gasteiger partial charge in [0.25, 0.3) is 5.91 Å². The first-order chi connectivity index (χ1) is 12.6. The number of rotatable bonds is 5. The second-order valence-corrected chi connectivity index (χ2v) is 6.90. The van der Waals surface area contributed by atoms with Crippen LogP contribution in [-0.4, -0.2) is 24.7 Å². The number of benzene rings is 2. The van der Waals surface area contributed by atoms with Crippen LogP contribution in [-0.2, 0) is 17.8 Å². The second kappa shape index (κ2) is 7.74. The molecule has 0 saturated carbocycles. The van der Waals surface area contributed by atoms with Crippen molar-refractivity contribution in [1.29, 1.82) is 0 Å². The van der Waals surface area contributed by atoms with Gasteiger partial charge in [-0.1, -0.05) is 29.5 Å². The van der Waals surface area contributed by atoms with Crippen molar-refractivity contribution in [2.24, 2.45) is 4.99 Å². The average molecular weight is 370 g/mol. The third-order valence-corrected chi connectivity index (χ3v) is 5.45. The van der Waals surface area contributed by atoms with Gasteiger partial charge in [-0.3, -0.25) is 4.79 Å². The molecule has 0 aliphatic rings. The van der Waals surface area contributed by atoms with Gasteiger partial charge in [-0.2, -0.15) is 4.99 Å². The van der Waals surface area contributed by atoms with Crippen molar-refractivity contribution >= 4 is 27.5 Å². The summed E-state index contributed by atoms with van der Waals surface area (Å²) < 4.78 is 13.9. The summed E-state index contributed by atoms with van der Waals surface area (Å²) in [5.74, 6) is 1.36. The van der Waals surface area contributed by atoms with Gasteiger partial charge in [0.1, 0.15) is 17.0 Å². The van der Waals surface area contributed by atoms with Gasteiger partial charge in [0.2, 0.25) is 0 Å². The van der Waals surface area contributed by atoms with E-state index in [0.29, 0.717) is 11.3 Å². The van der Waals surface area contributed by atoms with Crippen LogP contribution in [0.15, 0.2) is 41.4 Å². The molecule has 1 heterocycles. The zero-order valence-corrected chi connectivity index (χ0v) is 16.2. The molecule has 136 valence electrons. The lowest BCUT2D eigenvalue weighted by atomic mass is 10.1. The fraction of sp³-hybridized carbons (Fsp3) is 0.300. The maximum absolute atomic E-state index is 12.5. The maximum atomic E-state index is 12.5. The van der Waals surface area contributed by atoms with Crippen molar-refractivity contribution in [1.82, 2.24) is 4.57 Å². The summed E-state index contributed by atoms with van der Waals surface area (Å²) in [6, 6.07) is 11.5. The Labute approximate surface area is 156 Å². The predicted molar refractivity (Wildman–Crippen MR) is 104 cm³/mol. The molecule has 0 radical (unpaired) electrons. The maximum Gasteiger partial charge on any atom is 0.252 e. The van der Waals surface area contributed by atoms with Crippen LogP contribution >= 0.6 is 11.3 Å².